The molecule has 1 aromatic rings. The van der Waals surface area contributed by atoms with Gasteiger partial charge in [0, 0.05) is 12.0 Å². The highest BCUT2D eigenvalue weighted by molar-refractivity contribution is 5.85. The van der Waals surface area contributed by atoms with Crippen LogP contribution in [-0.4, -0.2) is 23.4 Å². The summed E-state index contributed by atoms with van der Waals surface area (Å²) >= 11 is 0. The molecular formula is C14H22ClNO2. The number of phenolic OH excluding ortho intramolecular Hbond substituents is 1. The van der Waals surface area contributed by atoms with E-state index < -0.39 is 0 Å². The highest BCUT2D eigenvalue weighted by Gasteiger charge is 2.30. The summed E-state index contributed by atoms with van der Waals surface area (Å²) < 4.78 is 0. The number of aliphatic hydroxyl groups excluding tert-OH is 1. The fourth-order valence-corrected chi connectivity index (χ4v) is 2.87. The number of hydrogen-bond donors (Lipinski definition) is 3. The van der Waals surface area contributed by atoms with Crippen LogP contribution in [0.4, 0.5) is 0 Å². The molecule has 0 saturated heterocycles. The van der Waals surface area contributed by atoms with Crippen LogP contribution >= 0.6 is 12.4 Å². The molecule has 0 amide bonds. The summed E-state index contributed by atoms with van der Waals surface area (Å²) in [6.07, 6.45) is 4.00. The van der Waals surface area contributed by atoms with Crippen molar-refractivity contribution in [3.63, 3.8) is 0 Å². The van der Waals surface area contributed by atoms with Crippen LogP contribution in [0, 0.1) is 5.92 Å². The maximum atomic E-state index is 10.1. The normalized spacial score (nSPS) is 25.2. The molecule has 0 radical (unpaired) electrons. The highest BCUT2D eigenvalue weighted by Crippen LogP contribution is 2.35. The average Bonchev–Trinajstić information content (AvgIpc) is 2.33. The Bertz CT molecular complexity index is 373. The minimum Gasteiger partial charge on any atom is -0.508 e. The molecule has 0 spiro atoms. The van der Waals surface area contributed by atoms with Gasteiger partial charge in [-0.15, -0.1) is 12.4 Å². The van der Waals surface area contributed by atoms with Gasteiger partial charge in [0.1, 0.15) is 5.75 Å². The molecule has 0 heterocycles. The minimum absolute atomic E-state index is 0. The third-order valence-electron chi connectivity index (χ3n) is 3.75. The summed E-state index contributed by atoms with van der Waals surface area (Å²) in [6.45, 7) is 0. The smallest absolute Gasteiger partial charge is 0.115 e. The van der Waals surface area contributed by atoms with Gasteiger partial charge >= 0.3 is 0 Å². The lowest BCUT2D eigenvalue weighted by Crippen LogP contribution is -2.35. The molecule has 1 aliphatic carbocycles. The zero-order valence-electron chi connectivity index (χ0n) is 10.7. The SMILES string of the molecule is CNC(c1cccc(O)c1)[C@@H]1CCCC[C@H]1O.Cl. The summed E-state index contributed by atoms with van der Waals surface area (Å²) in [5.41, 5.74) is 1.05. The standard InChI is InChI=1S/C14H21NO2.ClH/c1-15-14(10-5-4-6-11(16)9-10)12-7-2-3-8-13(12)17;/h4-6,9,12-17H,2-3,7-8H2,1H3;1H/t12-,13-,14?;/m1./s1. The lowest BCUT2D eigenvalue weighted by molar-refractivity contribution is 0.0494. The van der Waals surface area contributed by atoms with Crippen molar-refractivity contribution in [3.8, 4) is 5.75 Å². The van der Waals surface area contributed by atoms with Crippen LogP contribution in [0.3, 0.4) is 0 Å². The van der Waals surface area contributed by atoms with Crippen LogP contribution in [0.2, 0.25) is 0 Å². The first-order chi connectivity index (χ1) is 8.22. The van der Waals surface area contributed by atoms with Crippen molar-refractivity contribution >= 4 is 12.4 Å². The molecule has 1 fully saturated rings. The van der Waals surface area contributed by atoms with Crippen molar-refractivity contribution in [2.45, 2.75) is 37.8 Å². The largest absolute Gasteiger partial charge is 0.508 e. The van der Waals surface area contributed by atoms with Crippen LogP contribution in [0.15, 0.2) is 24.3 Å². The molecule has 18 heavy (non-hydrogen) atoms. The monoisotopic (exact) mass is 271 g/mol. The van der Waals surface area contributed by atoms with Crippen molar-refractivity contribution in [1.29, 1.82) is 0 Å². The molecule has 1 unspecified atom stereocenters. The van der Waals surface area contributed by atoms with E-state index in [0.717, 1.165) is 24.8 Å². The Kier molecular flexibility index (Phi) is 5.93. The number of rotatable bonds is 3. The Balaban J connectivity index is 0.00000162. The first-order valence-corrected chi connectivity index (χ1v) is 6.36. The van der Waals surface area contributed by atoms with E-state index in [2.05, 4.69) is 5.32 Å². The number of benzene rings is 1. The van der Waals surface area contributed by atoms with Crippen molar-refractivity contribution < 1.29 is 10.2 Å². The minimum atomic E-state index is -0.233. The fourth-order valence-electron chi connectivity index (χ4n) is 2.87. The van der Waals surface area contributed by atoms with E-state index in [9.17, 15) is 10.2 Å². The number of aliphatic hydroxyl groups is 1. The maximum absolute atomic E-state index is 10.1. The van der Waals surface area contributed by atoms with Gasteiger partial charge in [0.05, 0.1) is 6.10 Å². The van der Waals surface area contributed by atoms with E-state index >= 15 is 0 Å². The van der Waals surface area contributed by atoms with E-state index in [1.54, 1.807) is 12.1 Å². The van der Waals surface area contributed by atoms with Crippen molar-refractivity contribution in [3.05, 3.63) is 29.8 Å². The molecule has 1 aliphatic rings. The van der Waals surface area contributed by atoms with Gasteiger partial charge in [-0.05, 0) is 37.6 Å². The average molecular weight is 272 g/mol. The molecule has 3 atom stereocenters. The predicted molar refractivity (Wildman–Crippen MR) is 75.1 cm³/mol. The second-order valence-electron chi connectivity index (χ2n) is 4.88. The molecule has 0 bridgehead atoms. The predicted octanol–water partition coefficient (Wildman–Crippen LogP) is 2.63. The topological polar surface area (TPSA) is 52.5 Å². The second kappa shape index (κ2) is 6.98. The van der Waals surface area contributed by atoms with E-state index in [1.807, 2.05) is 19.2 Å². The van der Waals surface area contributed by atoms with Crippen LogP contribution in [0.5, 0.6) is 5.75 Å². The van der Waals surface area contributed by atoms with Gasteiger partial charge in [-0.25, -0.2) is 0 Å². The van der Waals surface area contributed by atoms with E-state index in [-0.39, 0.29) is 36.2 Å². The van der Waals surface area contributed by atoms with Crippen molar-refractivity contribution in [1.82, 2.24) is 5.32 Å². The number of hydrogen-bond acceptors (Lipinski definition) is 3. The molecule has 0 aromatic heterocycles. The number of nitrogens with one attached hydrogen (secondary N) is 1. The third kappa shape index (κ3) is 3.37. The van der Waals surface area contributed by atoms with Crippen LogP contribution in [-0.2, 0) is 0 Å². The molecule has 4 heteroatoms. The maximum Gasteiger partial charge on any atom is 0.115 e. The van der Waals surface area contributed by atoms with Gasteiger partial charge in [-0.2, -0.15) is 0 Å². The molecule has 102 valence electrons. The Morgan fingerprint density at radius 2 is 2.00 bits per heavy atom. The summed E-state index contributed by atoms with van der Waals surface area (Å²) in [5.74, 6) is 0.531. The Hall–Kier alpha value is -0.770. The molecule has 3 N–H and O–H groups in total. The van der Waals surface area contributed by atoms with Gasteiger partial charge < -0.3 is 15.5 Å². The Morgan fingerprint density at radius 3 is 2.61 bits per heavy atom. The first-order valence-electron chi connectivity index (χ1n) is 6.36. The van der Waals surface area contributed by atoms with Gasteiger partial charge in [0.2, 0.25) is 0 Å². The fraction of sp³-hybridized carbons (Fsp3) is 0.571. The van der Waals surface area contributed by atoms with E-state index in [0.29, 0.717) is 0 Å². The molecule has 2 rings (SSSR count). The van der Waals surface area contributed by atoms with Crippen LogP contribution in [0.1, 0.15) is 37.3 Å². The van der Waals surface area contributed by atoms with Gasteiger partial charge in [-0.1, -0.05) is 25.0 Å². The zero-order valence-corrected chi connectivity index (χ0v) is 11.5. The molecular weight excluding hydrogens is 250 g/mol. The molecule has 0 aliphatic heterocycles. The van der Waals surface area contributed by atoms with Crippen LogP contribution in [0.25, 0.3) is 0 Å². The number of halogens is 1. The molecule has 1 saturated carbocycles. The summed E-state index contributed by atoms with van der Waals surface area (Å²) in [5, 5.41) is 22.9. The number of aromatic hydroxyl groups is 1. The zero-order chi connectivity index (χ0) is 12.3. The first kappa shape index (κ1) is 15.3. The lowest BCUT2D eigenvalue weighted by Gasteiger charge is -2.34. The van der Waals surface area contributed by atoms with Gasteiger partial charge in [0.25, 0.3) is 0 Å². The summed E-state index contributed by atoms with van der Waals surface area (Å²) in [7, 11) is 1.91. The van der Waals surface area contributed by atoms with Gasteiger partial charge in [0.15, 0.2) is 0 Å². The van der Waals surface area contributed by atoms with Crippen LogP contribution < -0.4 is 5.32 Å². The lowest BCUT2D eigenvalue weighted by atomic mass is 9.79. The quantitative estimate of drug-likeness (QED) is 0.792. The van der Waals surface area contributed by atoms with E-state index in [4.69, 9.17) is 0 Å². The number of phenols is 1. The molecule has 3 nitrogen and oxygen atoms in total. The van der Waals surface area contributed by atoms with E-state index in [1.165, 1.54) is 6.42 Å². The van der Waals surface area contributed by atoms with Gasteiger partial charge in [-0.3, -0.25) is 0 Å². The molecule has 1 aromatic carbocycles. The summed E-state index contributed by atoms with van der Waals surface area (Å²) in [6, 6.07) is 7.43. The Labute approximate surface area is 115 Å². The Morgan fingerprint density at radius 1 is 1.28 bits per heavy atom. The third-order valence-corrected chi connectivity index (χ3v) is 3.75. The van der Waals surface area contributed by atoms with Crippen molar-refractivity contribution in [2.24, 2.45) is 5.92 Å². The summed E-state index contributed by atoms with van der Waals surface area (Å²) in [4.78, 5) is 0. The second-order valence-corrected chi connectivity index (χ2v) is 4.88. The highest BCUT2D eigenvalue weighted by atomic mass is 35.5. The van der Waals surface area contributed by atoms with Crippen molar-refractivity contribution in [2.75, 3.05) is 7.05 Å².